The van der Waals surface area contributed by atoms with Crippen LogP contribution in [0.4, 0.5) is 0 Å². The number of aliphatic hydroxyl groups is 1. The standard InChI is InChI=1S/C28H54O5/c1-5-7-9-11-12-15-19-25(18-14-10-8-6-2)28(31)32-21-17-13-16-20-27(30)33-23-26(29)22-24(3)4/h24-26,29H,5-23H2,1-4H3. The van der Waals surface area contributed by atoms with Gasteiger partial charge in [-0.3, -0.25) is 9.59 Å². The van der Waals surface area contributed by atoms with Crippen molar-refractivity contribution in [2.75, 3.05) is 13.2 Å². The largest absolute Gasteiger partial charge is 0.465 e. The lowest BCUT2D eigenvalue weighted by atomic mass is 9.94. The molecule has 0 rings (SSSR count). The summed E-state index contributed by atoms with van der Waals surface area (Å²) in [5.41, 5.74) is 0. The van der Waals surface area contributed by atoms with E-state index in [9.17, 15) is 14.7 Å². The van der Waals surface area contributed by atoms with Crippen LogP contribution in [0.3, 0.4) is 0 Å². The molecule has 196 valence electrons. The van der Waals surface area contributed by atoms with E-state index in [4.69, 9.17) is 9.47 Å². The molecule has 5 heteroatoms. The summed E-state index contributed by atoms with van der Waals surface area (Å²) in [7, 11) is 0. The third-order valence-electron chi connectivity index (χ3n) is 6.10. The Morgan fingerprint density at radius 3 is 1.88 bits per heavy atom. The molecule has 0 aliphatic carbocycles. The van der Waals surface area contributed by atoms with Crippen molar-refractivity contribution in [2.45, 2.75) is 143 Å². The minimum atomic E-state index is -0.584. The van der Waals surface area contributed by atoms with Crippen LogP contribution in [0.1, 0.15) is 137 Å². The first-order valence-corrected chi connectivity index (χ1v) is 13.9. The molecule has 0 spiro atoms. The van der Waals surface area contributed by atoms with Crippen LogP contribution in [0.25, 0.3) is 0 Å². The maximum absolute atomic E-state index is 12.6. The number of hydrogen-bond acceptors (Lipinski definition) is 5. The topological polar surface area (TPSA) is 72.8 Å². The van der Waals surface area contributed by atoms with Gasteiger partial charge in [-0.15, -0.1) is 0 Å². The number of ether oxygens (including phenoxy) is 2. The van der Waals surface area contributed by atoms with Crippen molar-refractivity contribution in [2.24, 2.45) is 11.8 Å². The second kappa shape index (κ2) is 22.7. The molecule has 33 heavy (non-hydrogen) atoms. The molecule has 0 radical (unpaired) electrons. The van der Waals surface area contributed by atoms with Gasteiger partial charge in [0.25, 0.3) is 0 Å². The summed E-state index contributed by atoms with van der Waals surface area (Å²) >= 11 is 0. The van der Waals surface area contributed by atoms with E-state index in [2.05, 4.69) is 13.8 Å². The van der Waals surface area contributed by atoms with Gasteiger partial charge in [-0.2, -0.15) is 0 Å². The minimum Gasteiger partial charge on any atom is -0.465 e. The summed E-state index contributed by atoms with van der Waals surface area (Å²) in [4.78, 5) is 24.4. The number of esters is 2. The van der Waals surface area contributed by atoms with Crippen LogP contribution in [0.5, 0.6) is 0 Å². The molecule has 0 aliphatic heterocycles. The second-order valence-electron chi connectivity index (χ2n) is 10.0. The Hall–Kier alpha value is -1.10. The highest BCUT2D eigenvalue weighted by molar-refractivity contribution is 5.72. The molecule has 0 aromatic carbocycles. The Bertz CT molecular complexity index is 463. The molecular weight excluding hydrogens is 416 g/mol. The van der Waals surface area contributed by atoms with E-state index < -0.39 is 6.10 Å². The van der Waals surface area contributed by atoms with Crippen LogP contribution in [-0.2, 0) is 19.1 Å². The normalized spacial score (nSPS) is 13.2. The van der Waals surface area contributed by atoms with Crippen molar-refractivity contribution in [1.29, 1.82) is 0 Å². The van der Waals surface area contributed by atoms with E-state index in [0.717, 1.165) is 44.9 Å². The molecule has 0 fully saturated rings. The molecule has 0 saturated carbocycles. The van der Waals surface area contributed by atoms with Gasteiger partial charge < -0.3 is 14.6 Å². The first-order chi connectivity index (χ1) is 15.9. The summed E-state index contributed by atoms with van der Waals surface area (Å²) in [5.74, 6) is 0.128. The summed E-state index contributed by atoms with van der Waals surface area (Å²) in [5, 5.41) is 9.76. The summed E-state index contributed by atoms with van der Waals surface area (Å²) in [6, 6.07) is 0. The molecule has 1 N–H and O–H groups in total. The fourth-order valence-electron chi connectivity index (χ4n) is 4.08. The molecule has 0 aromatic heterocycles. The van der Waals surface area contributed by atoms with Crippen LogP contribution in [0.15, 0.2) is 0 Å². The highest BCUT2D eigenvalue weighted by atomic mass is 16.5. The number of aliphatic hydroxyl groups excluding tert-OH is 1. The van der Waals surface area contributed by atoms with E-state index in [1.165, 1.54) is 51.4 Å². The SMILES string of the molecule is CCCCCCCCC(CCCCCC)C(=O)OCCCCCC(=O)OCC(O)CC(C)C. The lowest BCUT2D eigenvalue weighted by Gasteiger charge is -2.16. The van der Waals surface area contributed by atoms with Crippen molar-refractivity contribution in [3.05, 3.63) is 0 Å². The number of carbonyl (C=O) groups excluding carboxylic acids is 2. The van der Waals surface area contributed by atoms with Crippen molar-refractivity contribution in [3.63, 3.8) is 0 Å². The van der Waals surface area contributed by atoms with Gasteiger partial charge in [0.05, 0.1) is 18.6 Å². The van der Waals surface area contributed by atoms with E-state index in [1.807, 2.05) is 13.8 Å². The molecule has 5 nitrogen and oxygen atoms in total. The maximum Gasteiger partial charge on any atom is 0.308 e. The minimum absolute atomic E-state index is 0.0291. The lowest BCUT2D eigenvalue weighted by molar-refractivity contribution is -0.150. The zero-order valence-electron chi connectivity index (χ0n) is 22.2. The average molecular weight is 471 g/mol. The number of carbonyl (C=O) groups is 2. The molecule has 2 unspecified atom stereocenters. The summed E-state index contributed by atoms with van der Waals surface area (Å²) < 4.78 is 10.7. The number of hydrogen-bond donors (Lipinski definition) is 1. The monoisotopic (exact) mass is 470 g/mol. The molecule has 0 amide bonds. The molecule has 0 bridgehead atoms. The van der Waals surface area contributed by atoms with Gasteiger partial charge in [-0.25, -0.2) is 0 Å². The first kappa shape index (κ1) is 31.9. The van der Waals surface area contributed by atoms with Gasteiger partial charge in [0, 0.05) is 6.42 Å². The third kappa shape index (κ3) is 21.2. The molecule has 0 aromatic rings. The Balaban J connectivity index is 4.01. The van der Waals surface area contributed by atoms with E-state index in [-0.39, 0.29) is 24.5 Å². The highest BCUT2D eigenvalue weighted by Gasteiger charge is 2.19. The van der Waals surface area contributed by atoms with Gasteiger partial charge in [0.1, 0.15) is 6.61 Å². The van der Waals surface area contributed by atoms with E-state index in [0.29, 0.717) is 25.4 Å². The van der Waals surface area contributed by atoms with Crippen molar-refractivity contribution < 1.29 is 24.2 Å². The third-order valence-corrected chi connectivity index (χ3v) is 6.10. The predicted molar refractivity (Wildman–Crippen MR) is 136 cm³/mol. The first-order valence-electron chi connectivity index (χ1n) is 13.9. The molecule has 0 saturated heterocycles. The van der Waals surface area contributed by atoms with Crippen LogP contribution in [0.2, 0.25) is 0 Å². The van der Waals surface area contributed by atoms with Gasteiger partial charge >= 0.3 is 11.9 Å². The van der Waals surface area contributed by atoms with Crippen LogP contribution in [0, 0.1) is 11.8 Å². The average Bonchev–Trinajstić information content (AvgIpc) is 2.77. The van der Waals surface area contributed by atoms with Crippen LogP contribution >= 0.6 is 0 Å². The fraction of sp³-hybridized carbons (Fsp3) is 0.929. The van der Waals surface area contributed by atoms with Gasteiger partial charge in [-0.05, 0) is 44.4 Å². The second-order valence-corrected chi connectivity index (χ2v) is 10.0. The zero-order valence-corrected chi connectivity index (χ0v) is 22.2. The van der Waals surface area contributed by atoms with Gasteiger partial charge in [-0.1, -0.05) is 91.9 Å². The van der Waals surface area contributed by atoms with E-state index in [1.54, 1.807) is 0 Å². The molecule has 2 atom stereocenters. The van der Waals surface area contributed by atoms with Gasteiger partial charge in [0.15, 0.2) is 0 Å². The number of rotatable bonds is 23. The summed E-state index contributed by atoms with van der Waals surface area (Å²) in [6.07, 6.45) is 16.8. The maximum atomic E-state index is 12.6. The van der Waals surface area contributed by atoms with Crippen LogP contribution in [-0.4, -0.2) is 36.4 Å². The summed E-state index contributed by atoms with van der Waals surface area (Å²) in [6.45, 7) is 9.00. The Morgan fingerprint density at radius 2 is 1.27 bits per heavy atom. The fourth-order valence-corrected chi connectivity index (χ4v) is 4.08. The predicted octanol–water partition coefficient (Wildman–Crippen LogP) is 7.38. The highest BCUT2D eigenvalue weighted by Crippen LogP contribution is 2.20. The van der Waals surface area contributed by atoms with Crippen molar-refractivity contribution in [1.82, 2.24) is 0 Å². The zero-order chi connectivity index (χ0) is 24.7. The van der Waals surface area contributed by atoms with Crippen LogP contribution < -0.4 is 0 Å². The smallest absolute Gasteiger partial charge is 0.308 e. The quantitative estimate of drug-likeness (QED) is 0.125. The lowest BCUT2D eigenvalue weighted by Crippen LogP contribution is -2.20. The van der Waals surface area contributed by atoms with Crippen molar-refractivity contribution >= 4 is 11.9 Å². The van der Waals surface area contributed by atoms with E-state index >= 15 is 0 Å². The molecule has 0 aliphatic rings. The Kier molecular flexibility index (Phi) is 21.9. The molecule has 0 heterocycles. The Morgan fingerprint density at radius 1 is 0.727 bits per heavy atom. The molecular formula is C28H54O5. The number of unbranched alkanes of at least 4 members (excludes halogenated alkanes) is 10. The van der Waals surface area contributed by atoms with Gasteiger partial charge in [0.2, 0.25) is 0 Å². The Labute approximate surface area is 204 Å². The van der Waals surface area contributed by atoms with Crippen molar-refractivity contribution in [3.8, 4) is 0 Å².